The Bertz CT molecular complexity index is 926. The molecule has 0 aliphatic carbocycles. The average molecular weight is 349 g/mol. The summed E-state index contributed by atoms with van der Waals surface area (Å²) in [5.41, 5.74) is 1.54. The van der Waals surface area contributed by atoms with E-state index in [0.29, 0.717) is 17.1 Å². The van der Waals surface area contributed by atoms with Crippen LogP contribution in [0.15, 0.2) is 67.1 Å². The van der Waals surface area contributed by atoms with E-state index in [1.54, 1.807) is 36.7 Å². The Hall–Kier alpha value is -3.54. The average Bonchev–Trinajstić information content (AvgIpc) is 2.65. The van der Waals surface area contributed by atoms with E-state index in [1.807, 2.05) is 13.0 Å². The van der Waals surface area contributed by atoms with Gasteiger partial charge in [0.2, 0.25) is 5.91 Å². The molecule has 130 valence electrons. The maximum atomic E-state index is 14.2. The molecule has 0 atom stereocenters. The summed E-state index contributed by atoms with van der Waals surface area (Å²) in [6.45, 7) is 1.91. The number of carbonyl (C=O) groups excluding carboxylic acids is 1. The molecular weight excluding hydrogens is 333 g/mol. The number of aromatic nitrogens is 2. The van der Waals surface area contributed by atoms with Gasteiger partial charge in [-0.3, -0.25) is 9.78 Å². The first kappa shape index (κ1) is 17.3. The fourth-order valence-electron chi connectivity index (χ4n) is 2.12. The zero-order valence-corrected chi connectivity index (χ0v) is 14.0. The molecule has 0 saturated carbocycles. The summed E-state index contributed by atoms with van der Waals surface area (Å²) >= 11 is 0. The van der Waals surface area contributed by atoms with Gasteiger partial charge in [-0.1, -0.05) is 12.1 Å². The number of nitrogens with one attached hydrogen (secondary N) is 1. The molecule has 0 spiro atoms. The largest absolute Gasteiger partial charge is 0.453 e. The number of rotatable bonds is 5. The minimum atomic E-state index is -0.531. The van der Waals surface area contributed by atoms with Gasteiger partial charge in [-0.05, 0) is 54.5 Å². The van der Waals surface area contributed by atoms with E-state index < -0.39 is 5.82 Å². The third-order valence-corrected chi connectivity index (χ3v) is 3.41. The number of pyridine rings is 2. The van der Waals surface area contributed by atoms with Gasteiger partial charge in [-0.2, -0.15) is 0 Å². The third-order valence-electron chi connectivity index (χ3n) is 3.41. The lowest BCUT2D eigenvalue weighted by Gasteiger charge is -2.06. The van der Waals surface area contributed by atoms with Crippen LogP contribution in [0.5, 0.6) is 11.5 Å². The van der Waals surface area contributed by atoms with Gasteiger partial charge in [0.25, 0.3) is 0 Å². The fourth-order valence-corrected chi connectivity index (χ4v) is 2.12. The van der Waals surface area contributed by atoms with Crippen molar-refractivity contribution in [2.45, 2.75) is 6.92 Å². The predicted octanol–water partition coefficient (Wildman–Crippen LogP) is 4.37. The van der Waals surface area contributed by atoms with Crippen molar-refractivity contribution < 1.29 is 13.9 Å². The highest BCUT2D eigenvalue weighted by molar-refractivity contribution is 6.01. The molecular formula is C20H16FN3O2. The molecule has 6 heteroatoms. The number of nitrogens with zero attached hydrogens (tertiary/aromatic N) is 2. The number of hydrogen-bond donors (Lipinski definition) is 1. The van der Waals surface area contributed by atoms with E-state index in [2.05, 4.69) is 15.3 Å². The molecule has 0 aliphatic heterocycles. The van der Waals surface area contributed by atoms with E-state index in [-0.39, 0.29) is 11.7 Å². The Morgan fingerprint density at radius 2 is 2.08 bits per heavy atom. The standard InChI is InChI=1S/C20H16FN3O2/c1-14-4-8-19(23-12-14)24-20(25)9-6-15-5-7-18(17(21)11-15)26-16-3-2-10-22-13-16/h2-13H,1H3,(H,23,24,25)/b9-6+. The highest BCUT2D eigenvalue weighted by Gasteiger charge is 2.06. The highest BCUT2D eigenvalue weighted by Crippen LogP contribution is 2.24. The summed E-state index contributed by atoms with van der Waals surface area (Å²) < 4.78 is 19.6. The zero-order chi connectivity index (χ0) is 18.4. The van der Waals surface area contributed by atoms with Crippen LogP contribution in [-0.2, 0) is 4.79 Å². The summed E-state index contributed by atoms with van der Waals surface area (Å²) in [4.78, 5) is 19.9. The summed E-state index contributed by atoms with van der Waals surface area (Å²) in [6.07, 6.45) is 7.60. The predicted molar refractivity (Wildman–Crippen MR) is 97.3 cm³/mol. The Kier molecular flexibility index (Phi) is 5.34. The molecule has 5 nitrogen and oxygen atoms in total. The number of benzene rings is 1. The fraction of sp³-hybridized carbons (Fsp3) is 0.0500. The molecule has 0 saturated heterocycles. The Morgan fingerprint density at radius 1 is 1.19 bits per heavy atom. The van der Waals surface area contributed by atoms with Crippen LogP contribution in [-0.4, -0.2) is 15.9 Å². The van der Waals surface area contributed by atoms with E-state index in [9.17, 15) is 9.18 Å². The van der Waals surface area contributed by atoms with Crippen molar-refractivity contribution in [3.8, 4) is 11.5 Å². The number of amides is 1. The monoisotopic (exact) mass is 349 g/mol. The van der Waals surface area contributed by atoms with E-state index in [0.717, 1.165) is 5.56 Å². The van der Waals surface area contributed by atoms with Gasteiger partial charge in [0.05, 0.1) is 6.20 Å². The molecule has 0 radical (unpaired) electrons. The van der Waals surface area contributed by atoms with Crippen molar-refractivity contribution in [3.05, 3.63) is 84.1 Å². The van der Waals surface area contributed by atoms with Crippen LogP contribution in [0.4, 0.5) is 10.2 Å². The summed E-state index contributed by atoms with van der Waals surface area (Å²) in [7, 11) is 0. The number of hydrogen-bond acceptors (Lipinski definition) is 4. The maximum Gasteiger partial charge on any atom is 0.249 e. The van der Waals surface area contributed by atoms with Crippen molar-refractivity contribution in [3.63, 3.8) is 0 Å². The quantitative estimate of drug-likeness (QED) is 0.695. The summed E-state index contributed by atoms with van der Waals surface area (Å²) in [5.74, 6) is 0.105. The van der Waals surface area contributed by atoms with Gasteiger partial charge < -0.3 is 10.1 Å². The van der Waals surface area contributed by atoms with Crippen molar-refractivity contribution in [2.24, 2.45) is 0 Å². The lowest BCUT2D eigenvalue weighted by atomic mass is 10.2. The molecule has 0 bridgehead atoms. The number of aryl methyl sites for hydroxylation is 1. The van der Waals surface area contributed by atoms with Crippen LogP contribution in [0.3, 0.4) is 0 Å². The minimum Gasteiger partial charge on any atom is -0.453 e. The van der Waals surface area contributed by atoms with Gasteiger partial charge in [-0.15, -0.1) is 0 Å². The van der Waals surface area contributed by atoms with Gasteiger partial charge in [0.15, 0.2) is 11.6 Å². The van der Waals surface area contributed by atoms with Crippen LogP contribution in [0.1, 0.15) is 11.1 Å². The molecule has 3 rings (SSSR count). The van der Waals surface area contributed by atoms with E-state index in [4.69, 9.17) is 4.74 Å². The molecule has 2 aromatic heterocycles. The summed E-state index contributed by atoms with van der Waals surface area (Å²) in [5, 5.41) is 2.64. The van der Waals surface area contributed by atoms with Crippen LogP contribution in [0, 0.1) is 12.7 Å². The molecule has 2 heterocycles. The van der Waals surface area contributed by atoms with E-state index >= 15 is 0 Å². The molecule has 3 aromatic rings. The SMILES string of the molecule is Cc1ccc(NC(=O)/C=C/c2ccc(Oc3cccnc3)c(F)c2)nc1. The normalized spacial score (nSPS) is 10.7. The number of ether oxygens (including phenoxy) is 1. The molecule has 1 amide bonds. The molecule has 1 aromatic carbocycles. The second-order valence-electron chi connectivity index (χ2n) is 5.52. The van der Waals surface area contributed by atoms with Crippen molar-refractivity contribution in [1.29, 1.82) is 0 Å². The topological polar surface area (TPSA) is 64.1 Å². The van der Waals surface area contributed by atoms with Gasteiger partial charge in [0, 0.05) is 18.5 Å². The minimum absolute atomic E-state index is 0.0865. The highest BCUT2D eigenvalue weighted by atomic mass is 19.1. The number of halogens is 1. The van der Waals surface area contributed by atoms with Crippen molar-refractivity contribution >= 4 is 17.8 Å². The van der Waals surface area contributed by atoms with Crippen LogP contribution in [0.2, 0.25) is 0 Å². The zero-order valence-electron chi connectivity index (χ0n) is 14.0. The van der Waals surface area contributed by atoms with Crippen LogP contribution >= 0.6 is 0 Å². The number of carbonyl (C=O) groups is 1. The Balaban J connectivity index is 1.64. The molecule has 1 N–H and O–H groups in total. The second kappa shape index (κ2) is 8.02. The van der Waals surface area contributed by atoms with Crippen LogP contribution < -0.4 is 10.1 Å². The van der Waals surface area contributed by atoms with Crippen molar-refractivity contribution in [1.82, 2.24) is 9.97 Å². The van der Waals surface area contributed by atoms with E-state index in [1.165, 1.54) is 30.5 Å². The first-order valence-corrected chi connectivity index (χ1v) is 7.89. The van der Waals surface area contributed by atoms with Gasteiger partial charge >= 0.3 is 0 Å². The smallest absolute Gasteiger partial charge is 0.249 e. The molecule has 0 fully saturated rings. The van der Waals surface area contributed by atoms with Crippen molar-refractivity contribution in [2.75, 3.05) is 5.32 Å². The first-order valence-electron chi connectivity index (χ1n) is 7.89. The Labute approximate surface area is 150 Å². The number of anilines is 1. The van der Waals surface area contributed by atoms with Crippen LogP contribution in [0.25, 0.3) is 6.08 Å². The Morgan fingerprint density at radius 3 is 2.77 bits per heavy atom. The van der Waals surface area contributed by atoms with Gasteiger partial charge in [0.1, 0.15) is 11.6 Å². The molecule has 0 unspecified atom stereocenters. The molecule has 26 heavy (non-hydrogen) atoms. The maximum absolute atomic E-state index is 14.2. The third kappa shape index (κ3) is 4.73. The first-order chi connectivity index (χ1) is 12.6. The lowest BCUT2D eigenvalue weighted by molar-refractivity contribution is -0.111. The van der Waals surface area contributed by atoms with Gasteiger partial charge in [-0.25, -0.2) is 9.37 Å². The molecule has 0 aliphatic rings. The summed E-state index contributed by atoms with van der Waals surface area (Å²) in [6, 6.07) is 11.4. The second-order valence-corrected chi connectivity index (χ2v) is 5.52. The lowest BCUT2D eigenvalue weighted by Crippen LogP contribution is -2.08.